The van der Waals surface area contributed by atoms with Crippen LogP contribution in [0.4, 0.5) is 0 Å². The van der Waals surface area contributed by atoms with Crippen LogP contribution in [0.2, 0.25) is 0 Å². The van der Waals surface area contributed by atoms with E-state index < -0.39 is 0 Å². The largest absolute Gasteiger partial charge is 0.329 e. The van der Waals surface area contributed by atoms with E-state index in [-0.39, 0.29) is 5.91 Å². The minimum absolute atomic E-state index is 0.109. The fourth-order valence-corrected chi connectivity index (χ4v) is 1.91. The van der Waals surface area contributed by atoms with Crippen molar-refractivity contribution in [1.29, 1.82) is 0 Å². The lowest BCUT2D eigenvalue weighted by Gasteiger charge is -1.99. The summed E-state index contributed by atoms with van der Waals surface area (Å²) in [6.07, 6.45) is 3.50. The number of rotatable bonds is 3. The third kappa shape index (κ3) is 3.57. The maximum atomic E-state index is 11.7. The molecule has 0 bridgehead atoms. The lowest BCUT2D eigenvalue weighted by Crippen LogP contribution is -2.16. The molecule has 0 fully saturated rings. The molecule has 1 N–H and O–H groups in total. The molecule has 3 heteroatoms. The van der Waals surface area contributed by atoms with Crippen LogP contribution < -0.4 is 5.32 Å². The van der Waals surface area contributed by atoms with Crippen LogP contribution in [0.1, 0.15) is 15.9 Å². The summed E-state index contributed by atoms with van der Waals surface area (Å²) in [5.74, 6) is -0.109. The van der Waals surface area contributed by atoms with Crippen molar-refractivity contribution >= 4 is 27.9 Å². The molecule has 0 unspecified atom stereocenters. The molecule has 0 aliphatic rings. The maximum Gasteiger partial charge on any atom is 0.255 e. The van der Waals surface area contributed by atoms with Crippen LogP contribution in [0.25, 0.3) is 6.08 Å². The average Bonchev–Trinajstić information content (AvgIpc) is 2.40. The summed E-state index contributed by atoms with van der Waals surface area (Å²) in [5, 5.41) is 2.73. The van der Waals surface area contributed by atoms with E-state index in [2.05, 4.69) is 21.2 Å². The molecule has 90 valence electrons. The van der Waals surface area contributed by atoms with E-state index in [0.29, 0.717) is 5.56 Å². The molecule has 0 saturated carbocycles. The number of nitrogens with one attached hydrogen (secondary N) is 1. The van der Waals surface area contributed by atoms with Crippen LogP contribution in [-0.4, -0.2) is 5.91 Å². The van der Waals surface area contributed by atoms with E-state index in [1.54, 1.807) is 18.3 Å². The summed E-state index contributed by atoms with van der Waals surface area (Å²) < 4.78 is 1.01. The second kappa shape index (κ2) is 6.17. The molecular weight excluding hydrogens is 290 g/mol. The highest BCUT2D eigenvalue weighted by atomic mass is 79.9. The van der Waals surface area contributed by atoms with E-state index in [1.807, 2.05) is 48.5 Å². The van der Waals surface area contributed by atoms with Gasteiger partial charge >= 0.3 is 0 Å². The molecule has 0 aliphatic carbocycles. The van der Waals surface area contributed by atoms with E-state index in [4.69, 9.17) is 0 Å². The first-order valence-corrected chi connectivity index (χ1v) is 6.33. The zero-order valence-corrected chi connectivity index (χ0v) is 11.2. The Balaban J connectivity index is 1.98. The Hall–Kier alpha value is -1.87. The molecule has 2 aromatic carbocycles. The van der Waals surface area contributed by atoms with Gasteiger partial charge in [0.1, 0.15) is 0 Å². The molecule has 0 saturated heterocycles. The minimum Gasteiger partial charge on any atom is -0.329 e. The molecule has 2 aromatic rings. The Morgan fingerprint density at radius 3 is 2.56 bits per heavy atom. The van der Waals surface area contributed by atoms with Gasteiger partial charge in [0.2, 0.25) is 0 Å². The van der Waals surface area contributed by atoms with E-state index in [0.717, 1.165) is 10.0 Å². The smallest absolute Gasteiger partial charge is 0.255 e. The van der Waals surface area contributed by atoms with Gasteiger partial charge in [0.15, 0.2) is 0 Å². The Bertz CT molecular complexity index is 564. The standard InChI is InChI=1S/C15H12BrNO/c16-14-8-4-5-12(11-14)9-10-17-15(18)13-6-2-1-3-7-13/h1-11H,(H,17,18)/b10-9+. The molecule has 0 heterocycles. The summed E-state index contributed by atoms with van der Waals surface area (Å²) in [5.41, 5.74) is 1.68. The molecule has 18 heavy (non-hydrogen) atoms. The summed E-state index contributed by atoms with van der Waals surface area (Å²) in [4.78, 5) is 11.7. The zero-order valence-electron chi connectivity index (χ0n) is 9.64. The summed E-state index contributed by atoms with van der Waals surface area (Å²) >= 11 is 3.40. The molecule has 0 aliphatic heterocycles. The van der Waals surface area contributed by atoms with Gasteiger partial charge in [0, 0.05) is 16.2 Å². The van der Waals surface area contributed by atoms with Crippen molar-refractivity contribution in [3.63, 3.8) is 0 Å². The summed E-state index contributed by atoms with van der Waals surface area (Å²) in [6, 6.07) is 17.0. The van der Waals surface area contributed by atoms with Crippen LogP contribution in [0.5, 0.6) is 0 Å². The number of carbonyl (C=O) groups excluding carboxylic acids is 1. The Morgan fingerprint density at radius 2 is 1.83 bits per heavy atom. The van der Waals surface area contributed by atoms with Crippen molar-refractivity contribution in [2.75, 3.05) is 0 Å². The van der Waals surface area contributed by atoms with Crippen LogP contribution in [0.3, 0.4) is 0 Å². The maximum absolute atomic E-state index is 11.7. The zero-order chi connectivity index (χ0) is 12.8. The highest BCUT2D eigenvalue weighted by molar-refractivity contribution is 9.10. The van der Waals surface area contributed by atoms with Crippen molar-refractivity contribution in [1.82, 2.24) is 5.32 Å². The first-order valence-electron chi connectivity index (χ1n) is 5.54. The van der Waals surface area contributed by atoms with Crippen molar-refractivity contribution < 1.29 is 4.79 Å². The van der Waals surface area contributed by atoms with Gasteiger partial charge in [0.05, 0.1) is 0 Å². The number of halogens is 1. The molecule has 2 nitrogen and oxygen atoms in total. The van der Waals surface area contributed by atoms with E-state index >= 15 is 0 Å². The molecule has 0 radical (unpaired) electrons. The van der Waals surface area contributed by atoms with Gasteiger partial charge in [-0.1, -0.05) is 46.3 Å². The first kappa shape index (κ1) is 12.6. The Kier molecular flexibility index (Phi) is 4.31. The number of hydrogen-bond acceptors (Lipinski definition) is 1. The van der Waals surface area contributed by atoms with Gasteiger partial charge in [-0.15, -0.1) is 0 Å². The van der Waals surface area contributed by atoms with Gasteiger partial charge < -0.3 is 5.32 Å². The third-order valence-corrected chi connectivity index (χ3v) is 2.87. The summed E-state index contributed by atoms with van der Waals surface area (Å²) in [7, 11) is 0. The number of carbonyl (C=O) groups is 1. The lowest BCUT2D eigenvalue weighted by atomic mass is 10.2. The quantitative estimate of drug-likeness (QED) is 0.916. The van der Waals surface area contributed by atoms with Gasteiger partial charge in [-0.2, -0.15) is 0 Å². The third-order valence-electron chi connectivity index (χ3n) is 2.37. The number of amides is 1. The molecule has 1 amide bonds. The fourth-order valence-electron chi connectivity index (χ4n) is 1.50. The van der Waals surface area contributed by atoms with Gasteiger partial charge in [0.25, 0.3) is 5.91 Å². The highest BCUT2D eigenvalue weighted by Crippen LogP contribution is 2.12. The van der Waals surface area contributed by atoms with E-state index in [9.17, 15) is 4.79 Å². The molecule has 0 spiro atoms. The predicted octanol–water partition coefficient (Wildman–Crippen LogP) is 3.85. The minimum atomic E-state index is -0.109. The fraction of sp³-hybridized carbons (Fsp3) is 0. The average molecular weight is 302 g/mol. The highest BCUT2D eigenvalue weighted by Gasteiger charge is 2.00. The van der Waals surface area contributed by atoms with E-state index in [1.165, 1.54) is 0 Å². The molecule has 0 atom stereocenters. The van der Waals surface area contributed by atoms with Crippen molar-refractivity contribution in [2.45, 2.75) is 0 Å². The van der Waals surface area contributed by atoms with Crippen LogP contribution in [0.15, 0.2) is 65.3 Å². The summed E-state index contributed by atoms with van der Waals surface area (Å²) in [6.45, 7) is 0. The number of hydrogen-bond donors (Lipinski definition) is 1. The predicted molar refractivity (Wildman–Crippen MR) is 77.1 cm³/mol. The monoisotopic (exact) mass is 301 g/mol. The van der Waals surface area contributed by atoms with Crippen molar-refractivity contribution in [3.8, 4) is 0 Å². The van der Waals surface area contributed by atoms with Crippen LogP contribution >= 0.6 is 15.9 Å². The second-order valence-electron chi connectivity index (χ2n) is 3.73. The Morgan fingerprint density at radius 1 is 1.06 bits per heavy atom. The molecular formula is C15H12BrNO. The topological polar surface area (TPSA) is 29.1 Å². The van der Waals surface area contributed by atoms with Gasteiger partial charge in [-0.3, -0.25) is 4.79 Å². The molecule has 2 rings (SSSR count). The van der Waals surface area contributed by atoms with Crippen LogP contribution in [-0.2, 0) is 0 Å². The normalized spacial score (nSPS) is 10.5. The number of benzene rings is 2. The van der Waals surface area contributed by atoms with Crippen molar-refractivity contribution in [3.05, 3.63) is 76.4 Å². The molecule has 0 aromatic heterocycles. The lowest BCUT2D eigenvalue weighted by molar-refractivity contribution is 0.0970. The first-order chi connectivity index (χ1) is 8.75. The van der Waals surface area contributed by atoms with Gasteiger partial charge in [-0.25, -0.2) is 0 Å². The second-order valence-corrected chi connectivity index (χ2v) is 4.64. The SMILES string of the molecule is O=C(N/C=C/c1cccc(Br)c1)c1ccccc1. The van der Waals surface area contributed by atoms with Crippen molar-refractivity contribution in [2.24, 2.45) is 0 Å². The van der Waals surface area contributed by atoms with Gasteiger partial charge in [-0.05, 0) is 35.9 Å². The Labute approximate surface area is 114 Å². The van der Waals surface area contributed by atoms with Crippen LogP contribution in [0, 0.1) is 0 Å².